The molecule has 7 nitrogen and oxygen atoms in total. The molecule has 1 unspecified atom stereocenters. The highest BCUT2D eigenvalue weighted by Gasteiger charge is 2.35. The minimum Gasteiger partial charge on any atom is -0.491 e. The van der Waals surface area contributed by atoms with Crippen LogP contribution in [0.3, 0.4) is 0 Å². The van der Waals surface area contributed by atoms with E-state index in [1.165, 1.54) is 24.9 Å². The fourth-order valence-electron chi connectivity index (χ4n) is 3.66. The molecule has 1 aliphatic heterocycles. The number of methoxy groups -OCH3 is 1. The molecule has 9 heteroatoms. The van der Waals surface area contributed by atoms with Crippen molar-refractivity contribution in [1.29, 1.82) is 0 Å². The Morgan fingerprint density at radius 2 is 2.03 bits per heavy atom. The quantitative estimate of drug-likeness (QED) is 0.388. The van der Waals surface area contributed by atoms with Crippen molar-refractivity contribution in [2.24, 2.45) is 0 Å². The number of carbonyl (C=O) groups excluding carboxylic acids is 1. The number of thioether (sulfide) groups is 1. The lowest BCUT2D eigenvalue weighted by atomic mass is 9.95. The van der Waals surface area contributed by atoms with Gasteiger partial charge in [0.15, 0.2) is 0 Å². The summed E-state index contributed by atoms with van der Waals surface area (Å²) in [5.41, 5.74) is 2.45. The molecule has 1 N–H and O–H groups in total. The number of hydrogen-bond donors (Lipinski definition) is 1. The van der Waals surface area contributed by atoms with Crippen LogP contribution in [-0.2, 0) is 15.3 Å². The highest BCUT2D eigenvalue weighted by molar-refractivity contribution is 7.98. The van der Waals surface area contributed by atoms with Crippen LogP contribution in [0.1, 0.15) is 37.9 Å². The van der Waals surface area contributed by atoms with Crippen LogP contribution in [0.4, 0.5) is 10.3 Å². The molecule has 4 rings (SSSR count). The van der Waals surface area contributed by atoms with E-state index >= 15 is 0 Å². The topological polar surface area (TPSA) is 78.3 Å². The second-order valence-corrected chi connectivity index (χ2v) is 8.78. The second-order valence-electron chi connectivity index (χ2n) is 7.84. The number of carbonyl (C=O) groups is 1. The van der Waals surface area contributed by atoms with Gasteiger partial charge in [-0.2, -0.15) is 4.98 Å². The Bertz CT molecular complexity index is 1210. The average molecular weight is 469 g/mol. The number of ether oxygens (including phenoxy) is 2. The summed E-state index contributed by atoms with van der Waals surface area (Å²) in [6.07, 6.45) is 0.00828. The van der Waals surface area contributed by atoms with Crippen molar-refractivity contribution in [2.45, 2.75) is 43.8 Å². The molecule has 0 amide bonds. The van der Waals surface area contributed by atoms with Gasteiger partial charge in [0.2, 0.25) is 11.1 Å². The van der Waals surface area contributed by atoms with E-state index in [1.807, 2.05) is 38.1 Å². The first-order chi connectivity index (χ1) is 15.9. The first-order valence-electron chi connectivity index (χ1n) is 10.5. The van der Waals surface area contributed by atoms with Gasteiger partial charge in [-0.25, -0.2) is 13.9 Å². The van der Waals surface area contributed by atoms with Crippen LogP contribution in [0.5, 0.6) is 5.75 Å². The van der Waals surface area contributed by atoms with E-state index in [1.54, 1.807) is 29.8 Å². The summed E-state index contributed by atoms with van der Waals surface area (Å²) in [6, 6.07) is 13.6. The van der Waals surface area contributed by atoms with Gasteiger partial charge in [0.25, 0.3) is 0 Å². The number of fused-ring (bicyclic) bond motifs is 1. The zero-order chi connectivity index (χ0) is 23.5. The van der Waals surface area contributed by atoms with Crippen LogP contribution >= 0.6 is 11.8 Å². The maximum atomic E-state index is 14.0. The number of hydrogen-bond acceptors (Lipinski definition) is 7. The van der Waals surface area contributed by atoms with Gasteiger partial charge in [0.05, 0.1) is 18.8 Å². The van der Waals surface area contributed by atoms with Crippen LogP contribution < -0.4 is 10.1 Å². The molecule has 3 aromatic rings. The standard InChI is InChI=1S/C24H25FN4O3S/c1-14(2)32-18-10-7-9-16(12-18)21-20(22(30)31-4)15(3)26-23-27-24(28-29(21)23)33-13-17-8-5-6-11-19(17)25/h5-12,14,21H,13H2,1-4H3,(H,26,27,28). The Balaban J connectivity index is 1.71. The molecule has 172 valence electrons. The maximum Gasteiger partial charge on any atom is 0.338 e. The molecule has 0 bridgehead atoms. The predicted molar refractivity (Wildman–Crippen MR) is 125 cm³/mol. The third-order valence-corrected chi connectivity index (χ3v) is 5.99. The molecular weight excluding hydrogens is 443 g/mol. The van der Waals surface area contributed by atoms with Crippen LogP contribution in [0.15, 0.2) is 65.0 Å². The van der Waals surface area contributed by atoms with E-state index in [0.717, 1.165) is 5.56 Å². The Kier molecular flexibility index (Phi) is 6.69. The van der Waals surface area contributed by atoms with Crippen molar-refractivity contribution in [3.63, 3.8) is 0 Å². The predicted octanol–water partition coefficient (Wildman–Crippen LogP) is 4.96. The normalized spacial score (nSPS) is 15.3. The van der Waals surface area contributed by atoms with Crippen molar-refractivity contribution in [3.8, 4) is 5.75 Å². The SMILES string of the molecule is COC(=O)C1=C(C)Nc2nc(SCc3ccccc3F)nn2C1c1cccc(OC(C)C)c1. The number of benzene rings is 2. The number of esters is 1. The first kappa shape index (κ1) is 22.8. The summed E-state index contributed by atoms with van der Waals surface area (Å²) in [6.45, 7) is 5.71. The molecule has 0 aliphatic carbocycles. The zero-order valence-electron chi connectivity index (χ0n) is 18.8. The molecule has 0 fully saturated rings. The Hall–Kier alpha value is -3.33. The lowest BCUT2D eigenvalue weighted by Crippen LogP contribution is -2.29. The van der Waals surface area contributed by atoms with E-state index < -0.39 is 12.0 Å². The molecule has 1 aromatic heterocycles. The van der Waals surface area contributed by atoms with Gasteiger partial charge >= 0.3 is 5.97 Å². The first-order valence-corrected chi connectivity index (χ1v) is 11.5. The molecular formula is C24H25FN4O3S. The summed E-state index contributed by atoms with van der Waals surface area (Å²) in [7, 11) is 1.35. The van der Waals surface area contributed by atoms with Crippen molar-refractivity contribution < 1.29 is 18.7 Å². The number of nitrogens with one attached hydrogen (secondary N) is 1. The number of allylic oxidation sites excluding steroid dienone is 1. The highest BCUT2D eigenvalue weighted by Crippen LogP contribution is 2.38. The Morgan fingerprint density at radius 3 is 2.76 bits per heavy atom. The van der Waals surface area contributed by atoms with E-state index in [2.05, 4.69) is 15.4 Å². The lowest BCUT2D eigenvalue weighted by molar-refractivity contribution is -0.136. The molecule has 0 radical (unpaired) electrons. The lowest BCUT2D eigenvalue weighted by Gasteiger charge is -2.28. The molecule has 2 heterocycles. The van der Waals surface area contributed by atoms with E-state index in [4.69, 9.17) is 9.47 Å². The summed E-state index contributed by atoms with van der Waals surface area (Å²) in [4.78, 5) is 17.3. The molecule has 0 spiro atoms. The molecule has 2 aromatic carbocycles. The fraction of sp³-hybridized carbons (Fsp3) is 0.292. The van der Waals surface area contributed by atoms with E-state index in [0.29, 0.717) is 39.4 Å². The number of rotatable bonds is 7. The number of nitrogens with zero attached hydrogens (tertiary/aromatic N) is 3. The molecule has 33 heavy (non-hydrogen) atoms. The van der Waals surface area contributed by atoms with Gasteiger partial charge in [-0.05, 0) is 50.1 Å². The smallest absolute Gasteiger partial charge is 0.338 e. The molecule has 1 atom stereocenters. The minimum absolute atomic E-state index is 0.00828. The van der Waals surface area contributed by atoms with Gasteiger partial charge in [-0.3, -0.25) is 0 Å². The second kappa shape index (κ2) is 9.66. The van der Waals surface area contributed by atoms with Crippen molar-refractivity contribution in [3.05, 3.63) is 76.7 Å². The number of anilines is 1. The largest absolute Gasteiger partial charge is 0.491 e. The van der Waals surface area contributed by atoms with Crippen LogP contribution in [0, 0.1) is 5.82 Å². The van der Waals surface area contributed by atoms with E-state index in [-0.39, 0.29) is 11.9 Å². The highest BCUT2D eigenvalue weighted by atomic mass is 32.2. The van der Waals surface area contributed by atoms with Crippen LogP contribution in [0.2, 0.25) is 0 Å². The molecule has 0 saturated carbocycles. The van der Waals surface area contributed by atoms with Gasteiger partial charge in [0, 0.05) is 11.4 Å². The average Bonchev–Trinajstić information content (AvgIpc) is 3.19. The van der Waals surface area contributed by atoms with E-state index in [9.17, 15) is 9.18 Å². The summed E-state index contributed by atoms with van der Waals surface area (Å²) in [5, 5.41) is 8.27. The Labute approximate surface area is 196 Å². The van der Waals surface area contributed by atoms with Crippen LogP contribution in [0.25, 0.3) is 0 Å². The van der Waals surface area contributed by atoms with Gasteiger partial charge in [0.1, 0.15) is 17.6 Å². The third kappa shape index (κ3) is 4.88. The van der Waals surface area contributed by atoms with Crippen molar-refractivity contribution in [2.75, 3.05) is 12.4 Å². The summed E-state index contributed by atoms with van der Waals surface area (Å²) < 4.78 is 26.6. The monoisotopic (exact) mass is 468 g/mol. The number of aromatic nitrogens is 3. The van der Waals surface area contributed by atoms with Gasteiger partial charge in [-0.15, -0.1) is 5.10 Å². The minimum atomic E-state index is -0.556. The van der Waals surface area contributed by atoms with Crippen LogP contribution in [-0.4, -0.2) is 33.9 Å². The summed E-state index contributed by atoms with van der Waals surface area (Å²) >= 11 is 1.32. The number of halogens is 1. The van der Waals surface area contributed by atoms with Crippen molar-refractivity contribution >= 4 is 23.7 Å². The Morgan fingerprint density at radius 1 is 1.24 bits per heavy atom. The maximum absolute atomic E-state index is 14.0. The molecule has 1 aliphatic rings. The van der Waals surface area contributed by atoms with Gasteiger partial charge in [-0.1, -0.05) is 42.1 Å². The van der Waals surface area contributed by atoms with Gasteiger partial charge < -0.3 is 14.8 Å². The fourth-order valence-corrected chi connectivity index (χ4v) is 4.48. The third-order valence-electron chi connectivity index (χ3n) is 5.10. The summed E-state index contributed by atoms with van der Waals surface area (Å²) in [5.74, 6) is 0.851. The zero-order valence-corrected chi connectivity index (χ0v) is 19.6. The molecule has 0 saturated heterocycles. The van der Waals surface area contributed by atoms with Crippen molar-refractivity contribution in [1.82, 2.24) is 14.8 Å².